The van der Waals surface area contributed by atoms with E-state index in [0.717, 1.165) is 51.4 Å². The second-order valence-corrected chi connectivity index (χ2v) is 10.7. The van der Waals surface area contributed by atoms with E-state index in [1.165, 1.54) is 64.2 Å². The average Bonchev–Trinajstić information content (AvgIpc) is 2.90. The lowest BCUT2D eigenvalue weighted by molar-refractivity contribution is -0.124. The number of hydrogen-bond donors (Lipinski definition) is 4. The summed E-state index contributed by atoms with van der Waals surface area (Å²) in [5.41, 5.74) is 0. The molecule has 0 radical (unpaired) electrons. The summed E-state index contributed by atoms with van der Waals surface area (Å²) in [6, 6.07) is -0.747. The number of rotatable bonds is 27. The molecule has 4 N–H and O–H groups in total. The van der Waals surface area contributed by atoms with Gasteiger partial charge in [0.05, 0.1) is 31.3 Å². The maximum Gasteiger partial charge on any atom is 0.222 e. The van der Waals surface area contributed by atoms with Gasteiger partial charge in [-0.05, 0) is 44.9 Å². The predicted octanol–water partition coefficient (Wildman–Crippen LogP) is 7.70. The van der Waals surface area contributed by atoms with Gasteiger partial charge in [0.1, 0.15) is 0 Å². The van der Waals surface area contributed by atoms with Crippen molar-refractivity contribution in [2.45, 2.75) is 161 Å². The molecule has 5 heteroatoms. The van der Waals surface area contributed by atoms with Crippen LogP contribution >= 0.6 is 0 Å². The first-order valence-corrected chi connectivity index (χ1v) is 15.8. The van der Waals surface area contributed by atoms with Crippen LogP contribution in [-0.2, 0) is 4.79 Å². The third kappa shape index (κ3) is 24.9. The molecular weight excluding hydrogens is 474 g/mol. The van der Waals surface area contributed by atoms with Crippen molar-refractivity contribution in [3.8, 4) is 0 Å². The molecule has 222 valence electrons. The van der Waals surface area contributed by atoms with Crippen LogP contribution in [0.25, 0.3) is 0 Å². The topological polar surface area (TPSA) is 89.8 Å². The van der Waals surface area contributed by atoms with E-state index in [1.807, 2.05) is 6.08 Å². The summed E-state index contributed by atoms with van der Waals surface area (Å²) in [6.45, 7) is 4.11. The zero-order valence-corrected chi connectivity index (χ0v) is 24.8. The number of aliphatic hydroxyl groups excluding tert-OH is 3. The number of nitrogens with one attached hydrogen (secondary N) is 1. The molecule has 0 aliphatic heterocycles. The molecule has 0 bridgehead atoms. The molecule has 0 fully saturated rings. The molecule has 0 rings (SSSR count). The van der Waals surface area contributed by atoms with Crippen LogP contribution in [0.5, 0.6) is 0 Å². The first-order chi connectivity index (χ1) is 18.5. The van der Waals surface area contributed by atoms with Crippen LogP contribution in [0, 0.1) is 0 Å². The molecular formula is C33H61NO4. The van der Waals surface area contributed by atoms with Crippen LogP contribution in [-0.4, -0.2) is 46.1 Å². The monoisotopic (exact) mass is 535 g/mol. The van der Waals surface area contributed by atoms with Crippen molar-refractivity contribution in [2.75, 3.05) is 6.61 Å². The Kier molecular flexibility index (Phi) is 27.5. The number of hydrogen-bond acceptors (Lipinski definition) is 4. The third-order valence-corrected chi connectivity index (χ3v) is 6.95. The van der Waals surface area contributed by atoms with Crippen molar-refractivity contribution in [3.63, 3.8) is 0 Å². The fourth-order valence-electron chi connectivity index (χ4n) is 4.44. The lowest BCUT2D eigenvalue weighted by Gasteiger charge is -2.21. The van der Waals surface area contributed by atoms with Gasteiger partial charge in [0.2, 0.25) is 5.91 Å². The Morgan fingerprint density at radius 3 is 1.74 bits per heavy atom. The largest absolute Gasteiger partial charge is 0.394 e. The van der Waals surface area contributed by atoms with Crippen molar-refractivity contribution in [2.24, 2.45) is 0 Å². The van der Waals surface area contributed by atoms with E-state index >= 15 is 0 Å². The van der Waals surface area contributed by atoms with Crippen molar-refractivity contribution >= 4 is 5.91 Å². The molecule has 0 aromatic rings. The fraction of sp³-hybridized carbons (Fsp3) is 0.788. The minimum absolute atomic E-state index is 0.00147. The van der Waals surface area contributed by atoms with E-state index < -0.39 is 18.2 Å². The lowest BCUT2D eigenvalue weighted by Crippen LogP contribution is -2.45. The Bertz CT molecular complexity index is 602. The van der Waals surface area contributed by atoms with Gasteiger partial charge in [-0.1, -0.05) is 127 Å². The Labute approximate surface area is 234 Å². The van der Waals surface area contributed by atoms with Gasteiger partial charge in [-0.15, -0.1) is 0 Å². The van der Waals surface area contributed by atoms with Crippen LogP contribution in [0.15, 0.2) is 36.5 Å². The lowest BCUT2D eigenvalue weighted by atomic mass is 10.0. The minimum atomic E-state index is -0.930. The van der Waals surface area contributed by atoms with E-state index in [4.69, 9.17) is 0 Å². The van der Waals surface area contributed by atoms with Gasteiger partial charge in [0.15, 0.2) is 0 Å². The molecule has 0 spiro atoms. The highest BCUT2D eigenvalue weighted by atomic mass is 16.3. The molecule has 0 heterocycles. The van der Waals surface area contributed by atoms with Crippen LogP contribution in [0.4, 0.5) is 0 Å². The minimum Gasteiger partial charge on any atom is -0.394 e. The Hall–Kier alpha value is -1.43. The molecule has 1 amide bonds. The van der Waals surface area contributed by atoms with E-state index in [2.05, 4.69) is 43.5 Å². The van der Waals surface area contributed by atoms with E-state index in [1.54, 1.807) is 6.08 Å². The van der Waals surface area contributed by atoms with Crippen LogP contribution in [0.3, 0.4) is 0 Å². The van der Waals surface area contributed by atoms with E-state index in [-0.39, 0.29) is 18.9 Å². The normalized spacial score (nSPS) is 14.6. The number of amides is 1. The molecule has 0 aromatic heterocycles. The molecule has 3 atom stereocenters. The Balaban J connectivity index is 3.86. The summed E-state index contributed by atoms with van der Waals surface area (Å²) >= 11 is 0. The maximum absolute atomic E-state index is 12.3. The summed E-state index contributed by atoms with van der Waals surface area (Å²) in [7, 11) is 0. The summed E-state index contributed by atoms with van der Waals surface area (Å²) in [4.78, 5) is 12.3. The average molecular weight is 536 g/mol. The van der Waals surface area contributed by atoms with Gasteiger partial charge in [-0.2, -0.15) is 0 Å². The summed E-state index contributed by atoms with van der Waals surface area (Å²) in [5.74, 6) is -0.333. The summed E-state index contributed by atoms with van der Waals surface area (Å²) < 4.78 is 0. The SMILES string of the molecule is CCCCC/C=C\C=C/CCCCCCC(O)CC(=O)NC(CO)C(O)/C=C/CCCCCCCCCC. The number of carbonyl (C=O) groups is 1. The fourth-order valence-corrected chi connectivity index (χ4v) is 4.44. The second-order valence-electron chi connectivity index (χ2n) is 10.7. The van der Waals surface area contributed by atoms with Crippen molar-refractivity contribution in [1.29, 1.82) is 0 Å². The molecule has 3 unspecified atom stereocenters. The Morgan fingerprint density at radius 2 is 1.16 bits per heavy atom. The van der Waals surface area contributed by atoms with Crippen molar-refractivity contribution in [3.05, 3.63) is 36.5 Å². The molecule has 0 saturated carbocycles. The highest BCUT2D eigenvalue weighted by Gasteiger charge is 2.20. The maximum atomic E-state index is 12.3. The number of allylic oxidation sites excluding steroid dienone is 5. The first-order valence-electron chi connectivity index (χ1n) is 15.8. The van der Waals surface area contributed by atoms with Crippen molar-refractivity contribution < 1.29 is 20.1 Å². The smallest absolute Gasteiger partial charge is 0.222 e. The molecule has 0 saturated heterocycles. The van der Waals surface area contributed by atoms with Gasteiger partial charge in [0, 0.05) is 0 Å². The van der Waals surface area contributed by atoms with Gasteiger partial charge in [-0.3, -0.25) is 4.79 Å². The van der Waals surface area contributed by atoms with Crippen LogP contribution in [0.2, 0.25) is 0 Å². The van der Waals surface area contributed by atoms with E-state index in [9.17, 15) is 20.1 Å². The zero-order valence-electron chi connectivity index (χ0n) is 24.8. The number of unbranched alkanes of at least 4 members (excludes halogenated alkanes) is 15. The van der Waals surface area contributed by atoms with E-state index in [0.29, 0.717) is 6.42 Å². The molecule has 5 nitrogen and oxygen atoms in total. The standard InChI is InChI=1S/C33H61NO4/c1-3-5-7-9-11-13-15-16-17-18-20-22-24-26-30(36)28-33(38)34-31(29-35)32(37)27-25-23-21-19-14-12-10-8-6-4-2/h11,13,15-16,25,27,30-32,35-37H,3-10,12,14,17-24,26,28-29H2,1-2H3,(H,34,38)/b13-11-,16-15-,27-25+. The molecule has 0 aliphatic carbocycles. The highest BCUT2D eigenvalue weighted by molar-refractivity contribution is 5.76. The van der Waals surface area contributed by atoms with Gasteiger partial charge >= 0.3 is 0 Å². The molecule has 38 heavy (non-hydrogen) atoms. The third-order valence-electron chi connectivity index (χ3n) is 6.95. The molecule has 0 aromatic carbocycles. The predicted molar refractivity (Wildman–Crippen MR) is 162 cm³/mol. The summed E-state index contributed by atoms with van der Waals surface area (Å²) in [6.07, 6.45) is 32.6. The summed E-state index contributed by atoms with van der Waals surface area (Å²) in [5, 5.41) is 32.8. The van der Waals surface area contributed by atoms with Crippen LogP contribution < -0.4 is 5.32 Å². The molecule has 0 aliphatic rings. The van der Waals surface area contributed by atoms with Gasteiger partial charge in [-0.25, -0.2) is 0 Å². The van der Waals surface area contributed by atoms with Crippen LogP contribution in [0.1, 0.15) is 142 Å². The highest BCUT2D eigenvalue weighted by Crippen LogP contribution is 2.12. The number of carbonyl (C=O) groups excluding carboxylic acids is 1. The first kappa shape index (κ1) is 36.6. The quantitative estimate of drug-likeness (QED) is 0.0493. The van der Waals surface area contributed by atoms with Crippen molar-refractivity contribution in [1.82, 2.24) is 5.32 Å². The van der Waals surface area contributed by atoms with Gasteiger partial charge < -0.3 is 20.6 Å². The van der Waals surface area contributed by atoms with Gasteiger partial charge in [0.25, 0.3) is 0 Å². The second kappa shape index (κ2) is 28.6. The number of aliphatic hydroxyl groups is 3. The Morgan fingerprint density at radius 1 is 0.684 bits per heavy atom. The zero-order chi connectivity index (χ0) is 28.1.